The first kappa shape index (κ1) is 8.24. The predicted octanol–water partition coefficient (Wildman–Crippen LogP) is 1.05. The topological polar surface area (TPSA) is 29.5 Å². The first-order valence-electron chi connectivity index (χ1n) is 3.56. The van der Waals surface area contributed by atoms with Gasteiger partial charge >= 0.3 is 0 Å². The Bertz CT molecular complexity index is 202. The van der Waals surface area contributed by atoms with E-state index in [2.05, 4.69) is 0 Å². The number of rotatable bonds is 2. The van der Waals surface area contributed by atoms with Gasteiger partial charge in [0, 0.05) is 7.11 Å². The Kier molecular flexibility index (Phi) is 3.08. The van der Waals surface area contributed by atoms with E-state index in [1.165, 1.54) is 0 Å². The van der Waals surface area contributed by atoms with Gasteiger partial charge in [0.1, 0.15) is 0 Å². The number of methoxy groups -OCH3 is 1. The van der Waals surface area contributed by atoms with Crippen LogP contribution in [0, 0.1) is 0 Å². The zero-order chi connectivity index (χ0) is 8.10. The Morgan fingerprint density at radius 2 is 2.36 bits per heavy atom. The molecule has 0 aromatic rings. The summed E-state index contributed by atoms with van der Waals surface area (Å²) in [4.78, 5) is 0. The van der Waals surface area contributed by atoms with Gasteiger partial charge in [-0.1, -0.05) is 24.3 Å². The highest BCUT2D eigenvalue weighted by Crippen LogP contribution is 2.06. The molecule has 2 heteroatoms. The van der Waals surface area contributed by atoms with Gasteiger partial charge in [-0.3, -0.25) is 0 Å². The SMILES string of the molecule is COC1C=CC=CC(CO)=C1. The zero-order valence-corrected chi connectivity index (χ0v) is 6.53. The van der Waals surface area contributed by atoms with Crippen LogP contribution in [0.25, 0.3) is 0 Å². The van der Waals surface area contributed by atoms with E-state index in [9.17, 15) is 0 Å². The van der Waals surface area contributed by atoms with Gasteiger partial charge in [0.05, 0.1) is 12.7 Å². The number of hydrogen-bond acceptors (Lipinski definition) is 2. The lowest BCUT2D eigenvalue weighted by Crippen LogP contribution is -2.03. The van der Waals surface area contributed by atoms with Crippen molar-refractivity contribution in [3.8, 4) is 0 Å². The highest BCUT2D eigenvalue weighted by atomic mass is 16.5. The maximum Gasteiger partial charge on any atom is 0.0943 e. The highest BCUT2D eigenvalue weighted by Gasteiger charge is 2.00. The van der Waals surface area contributed by atoms with Gasteiger partial charge in [0.25, 0.3) is 0 Å². The molecule has 0 aromatic carbocycles. The second kappa shape index (κ2) is 4.11. The molecule has 0 fully saturated rings. The van der Waals surface area contributed by atoms with Crippen molar-refractivity contribution in [1.29, 1.82) is 0 Å². The minimum atomic E-state index is -0.00727. The summed E-state index contributed by atoms with van der Waals surface area (Å²) < 4.78 is 5.09. The van der Waals surface area contributed by atoms with Crippen molar-refractivity contribution in [1.82, 2.24) is 0 Å². The summed E-state index contributed by atoms with van der Waals surface area (Å²) in [5.74, 6) is 0. The molecular weight excluding hydrogens is 140 g/mol. The van der Waals surface area contributed by atoms with Crippen LogP contribution in [-0.2, 0) is 4.74 Å². The monoisotopic (exact) mass is 152 g/mol. The lowest BCUT2D eigenvalue weighted by molar-refractivity contribution is 0.176. The van der Waals surface area contributed by atoms with Crippen molar-refractivity contribution in [2.45, 2.75) is 6.10 Å². The van der Waals surface area contributed by atoms with Crippen molar-refractivity contribution in [2.24, 2.45) is 0 Å². The van der Waals surface area contributed by atoms with Gasteiger partial charge in [0.2, 0.25) is 0 Å². The van der Waals surface area contributed by atoms with E-state index in [1.54, 1.807) is 7.11 Å². The second-order valence-electron chi connectivity index (χ2n) is 2.34. The Morgan fingerprint density at radius 3 is 3.00 bits per heavy atom. The summed E-state index contributed by atoms with van der Waals surface area (Å²) in [5, 5.41) is 8.83. The fourth-order valence-electron chi connectivity index (χ4n) is 0.927. The average molecular weight is 152 g/mol. The van der Waals surface area contributed by atoms with Crippen LogP contribution in [0.5, 0.6) is 0 Å². The van der Waals surface area contributed by atoms with Crippen molar-refractivity contribution < 1.29 is 9.84 Å². The quantitative estimate of drug-likeness (QED) is 0.640. The zero-order valence-electron chi connectivity index (χ0n) is 6.53. The molecule has 0 bridgehead atoms. The number of aliphatic hydroxyl groups is 1. The van der Waals surface area contributed by atoms with Gasteiger partial charge in [-0.25, -0.2) is 0 Å². The van der Waals surface area contributed by atoms with Crippen LogP contribution in [0.15, 0.2) is 36.0 Å². The number of aliphatic hydroxyl groups excluding tert-OH is 1. The molecule has 0 saturated carbocycles. The number of ether oxygens (including phenoxy) is 1. The highest BCUT2D eigenvalue weighted by molar-refractivity contribution is 5.29. The number of allylic oxidation sites excluding steroid dienone is 2. The van der Waals surface area contributed by atoms with E-state index in [1.807, 2.05) is 30.4 Å². The van der Waals surface area contributed by atoms with Crippen molar-refractivity contribution in [2.75, 3.05) is 13.7 Å². The standard InChI is InChI=1S/C9H12O2/c1-11-9-5-3-2-4-8(6-9)7-10/h2-6,9-10H,7H2,1H3. The summed E-state index contributed by atoms with van der Waals surface area (Å²) in [5.41, 5.74) is 0.891. The smallest absolute Gasteiger partial charge is 0.0943 e. The molecule has 0 aromatic heterocycles. The molecule has 1 aliphatic carbocycles. The molecule has 1 unspecified atom stereocenters. The van der Waals surface area contributed by atoms with E-state index < -0.39 is 0 Å². The molecule has 11 heavy (non-hydrogen) atoms. The third-order valence-electron chi connectivity index (χ3n) is 1.56. The average Bonchev–Trinajstić information content (AvgIpc) is 2.28. The normalized spacial score (nSPS) is 23.1. The van der Waals surface area contributed by atoms with E-state index >= 15 is 0 Å². The molecule has 0 spiro atoms. The summed E-state index contributed by atoms with van der Waals surface area (Å²) in [6.07, 6.45) is 9.48. The van der Waals surface area contributed by atoms with Crippen LogP contribution in [0.4, 0.5) is 0 Å². The third kappa shape index (κ3) is 2.33. The molecule has 2 nitrogen and oxygen atoms in total. The van der Waals surface area contributed by atoms with Crippen LogP contribution in [0.1, 0.15) is 0 Å². The maximum absolute atomic E-state index is 8.83. The molecule has 1 N–H and O–H groups in total. The molecule has 0 heterocycles. The van der Waals surface area contributed by atoms with E-state index in [0.717, 1.165) is 5.57 Å². The van der Waals surface area contributed by atoms with Crippen LogP contribution in [0.3, 0.4) is 0 Å². The first-order valence-corrected chi connectivity index (χ1v) is 3.56. The van der Waals surface area contributed by atoms with E-state index in [-0.39, 0.29) is 12.7 Å². The molecule has 60 valence electrons. The van der Waals surface area contributed by atoms with Crippen molar-refractivity contribution >= 4 is 0 Å². The Hall–Kier alpha value is -0.860. The molecule has 0 radical (unpaired) electrons. The summed E-state index contributed by atoms with van der Waals surface area (Å²) >= 11 is 0. The van der Waals surface area contributed by atoms with Gasteiger partial charge in [-0.15, -0.1) is 0 Å². The Labute approximate surface area is 66.5 Å². The molecule has 1 rings (SSSR count). The first-order chi connectivity index (χ1) is 5.36. The van der Waals surface area contributed by atoms with Crippen LogP contribution >= 0.6 is 0 Å². The summed E-state index contributed by atoms with van der Waals surface area (Å²) in [6.45, 7) is 0.0675. The molecule has 0 saturated heterocycles. The lowest BCUT2D eigenvalue weighted by Gasteiger charge is -2.04. The Balaban J connectivity index is 2.72. The van der Waals surface area contributed by atoms with Crippen LogP contribution in [0.2, 0.25) is 0 Å². The third-order valence-corrected chi connectivity index (χ3v) is 1.56. The summed E-state index contributed by atoms with van der Waals surface area (Å²) in [6, 6.07) is 0. The van der Waals surface area contributed by atoms with Gasteiger partial charge < -0.3 is 9.84 Å². The molecule has 0 aliphatic heterocycles. The maximum atomic E-state index is 8.83. The number of hydrogen-bond donors (Lipinski definition) is 1. The molecule has 0 amide bonds. The van der Waals surface area contributed by atoms with Crippen molar-refractivity contribution in [3.63, 3.8) is 0 Å². The molecule has 1 atom stereocenters. The predicted molar refractivity (Wildman–Crippen MR) is 44.2 cm³/mol. The molecule has 1 aliphatic rings. The lowest BCUT2D eigenvalue weighted by atomic mass is 10.2. The Morgan fingerprint density at radius 1 is 1.55 bits per heavy atom. The van der Waals surface area contributed by atoms with E-state index in [4.69, 9.17) is 9.84 Å². The minimum Gasteiger partial charge on any atom is -0.392 e. The van der Waals surface area contributed by atoms with E-state index in [0.29, 0.717) is 0 Å². The fraction of sp³-hybridized carbons (Fsp3) is 0.333. The van der Waals surface area contributed by atoms with Gasteiger partial charge in [-0.05, 0) is 11.6 Å². The van der Waals surface area contributed by atoms with Crippen LogP contribution < -0.4 is 0 Å². The van der Waals surface area contributed by atoms with Gasteiger partial charge in [-0.2, -0.15) is 0 Å². The minimum absolute atomic E-state index is 0.00727. The fourth-order valence-corrected chi connectivity index (χ4v) is 0.927. The summed E-state index contributed by atoms with van der Waals surface area (Å²) in [7, 11) is 1.64. The largest absolute Gasteiger partial charge is 0.392 e. The van der Waals surface area contributed by atoms with Crippen LogP contribution in [-0.4, -0.2) is 24.9 Å². The van der Waals surface area contributed by atoms with Crippen molar-refractivity contribution in [3.05, 3.63) is 36.0 Å². The molecular formula is C9H12O2. The second-order valence-corrected chi connectivity index (χ2v) is 2.34. The van der Waals surface area contributed by atoms with Gasteiger partial charge in [0.15, 0.2) is 0 Å².